The van der Waals surface area contributed by atoms with E-state index in [0.29, 0.717) is 17.8 Å². The summed E-state index contributed by atoms with van der Waals surface area (Å²) in [5.41, 5.74) is 7.49. The van der Waals surface area contributed by atoms with Crippen LogP contribution in [0.3, 0.4) is 0 Å². The number of nitrogens with zero attached hydrogens (tertiary/aromatic N) is 1. The van der Waals surface area contributed by atoms with E-state index in [2.05, 4.69) is 10.3 Å². The van der Waals surface area contributed by atoms with Crippen molar-refractivity contribution in [3.8, 4) is 0 Å². The van der Waals surface area contributed by atoms with E-state index in [9.17, 15) is 4.39 Å². The molecule has 1 atom stereocenters. The fourth-order valence-electron chi connectivity index (χ4n) is 2.15. The Morgan fingerprint density at radius 1 is 1.26 bits per heavy atom. The summed E-state index contributed by atoms with van der Waals surface area (Å²) < 4.78 is 13.7. The number of likely N-dealkylation sites (N-methyl/N-ethyl adjacent to an activating group) is 1. The molecule has 19 heavy (non-hydrogen) atoms. The summed E-state index contributed by atoms with van der Waals surface area (Å²) in [5, 5.41) is 3.33. The smallest absolute Gasteiger partial charge is 0.128 e. The molecule has 1 aromatic heterocycles. The molecule has 3 N–H and O–H groups in total. The van der Waals surface area contributed by atoms with Crippen LogP contribution in [0, 0.1) is 5.82 Å². The Kier molecular flexibility index (Phi) is 4.47. The SMILES string of the molecule is CCNC(Cc1ccccc1F)c1cccnc1N. The molecule has 0 aliphatic heterocycles. The van der Waals surface area contributed by atoms with E-state index in [1.54, 1.807) is 18.3 Å². The first-order chi connectivity index (χ1) is 9.22. The van der Waals surface area contributed by atoms with Crippen LogP contribution >= 0.6 is 0 Å². The molecule has 1 heterocycles. The number of benzene rings is 1. The molecule has 0 fully saturated rings. The highest BCUT2D eigenvalue weighted by Gasteiger charge is 2.16. The summed E-state index contributed by atoms with van der Waals surface area (Å²) >= 11 is 0. The van der Waals surface area contributed by atoms with E-state index in [4.69, 9.17) is 5.73 Å². The summed E-state index contributed by atoms with van der Waals surface area (Å²) in [4.78, 5) is 4.09. The van der Waals surface area contributed by atoms with Crippen molar-refractivity contribution in [3.05, 3.63) is 59.5 Å². The Balaban J connectivity index is 2.27. The van der Waals surface area contributed by atoms with Gasteiger partial charge in [-0.3, -0.25) is 0 Å². The molecule has 0 bridgehead atoms. The van der Waals surface area contributed by atoms with Crippen LogP contribution in [0.25, 0.3) is 0 Å². The molecule has 1 aromatic carbocycles. The molecule has 0 aliphatic carbocycles. The maximum atomic E-state index is 13.7. The fourth-order valence-corrected chi connectivity index (χ4v) is 2.15. The van der Waals surface area contributed by atoms with Gasteiger partial charge in [0.1, 0.15) is 11.6 Å². The maximum Gasteiger partial charge on any atom is 0.128 e. The second-order valence-corrected chi connectivity index (χ2v) is 4.38. The molecule has 0 spiro atoms. The maximum absolute atomic E-state index is 13.7. The summed E-state index contributed by atoms with van der Waals surface area (Å²) in [6, 6.07) is 10.6. The van der Waals surface area contributed by atoms with Gasteiger partial charge in [-0.05, 0) is 30.7 Å². The van der Waals surface area contributed by atoms with Crippen LogP contribution in [0.1, 0.15) is 24.1 Å². The van der Waals surface area contributed by atoms with Gasteiger partial charge in [-0.1, -0.05) is 31.2 Å². The lowest BCUT2D eigenvalue weighted by Crippen LogP contribution is -2.24. The second-order valence-electron chi connectivity index (χ2n) is 4.38. The third-order valence-electron chi connectivity index (χ3n) is 3.08. The number of hydrogen-bond donors (Lipinski definition) is 2. The van der Waals surface area contributed by atoms with E-state index >= 15 is 0 Å². The third kappa shape index (κ3) is 3.29. The Hall–Kier alpha value is -1.94. The Bertz CT molecular complexity index is 542. The summed E-state index contributed by atoms with van der Waals surface area (Å²) in [5.74, 6) is 0.303. The lowest BCUT2D eigenvalue weighted by atomic mass is 9.99. The number of halogens is 1. The minimum absolute atomic E-state index is 0.0319. The van der Waals surface area contributed by atoms with Gasteiger partial charge >= 0.3 is 0 Å². The Morgan fingerprint density at radius 3 is 2.74 bits per heavy atom. The number of pyridine rings is 1. The molecule has 1 unspecified atom stereocenters. The zero-order valence-electron chi connectivity index (χ0n) is 10.9. The van der Waals surface area contributed by atoms with Gasteiger partial charge in [-0.25, -0.2) is 9.37 Å². The van der Waals surface area contributed by atoms with Gasteiger partial charge in [0.05, 0.1) is 0 Å². The van der Waals surface area contributed by atoms with Crippen LogP contribution < -0.4 is 11.1 Å². The highest BCUT2D eigenvalue weighted by Crippen LogP contribution is 2.23. The van der Waals surface area contributed by atoms with Crippen LogP contribution in [-0.2, 0) is 6.42 Å². The first-order valence-electron chi connectivity index (χ1n) is 6.39. The van der Waals surface area contributed by atoms with Crippen molar-refractivity contribution in [2.75, 3.05) is 12.3 Å². The molecule has 100 valence electrons. The molecule has 2 rings (SSSR count). The minimum Gasteiger partial charge on any atom is -0.383 e. The number of rotatable bonds is 5. The van der Waals surface area contributed by atoms with Crippen molar-refractivity contribution < 1.29 is 4.39 Å². The van der Waals surface area contributed by atoms with E-state index < -0.39 is 0 Å². The van der Waals surface area contributed by atoms with Gasteiger partial charge < -0.3 is 11.1 Å². The highest BCUT2D eigenvalue weighted by atomic mass is 19.1. The van der Waals surface area contributed by atoms with Crippen LogP contribution in [0.5, 0.6) is 0 Å². The van der Waals surface area contributed by atoms with Crippen molar-refractivity contribution in [1.82, 2.24) is 10.3 Å². The molecular weight excluding hydrogens is 241 g/mol. The molecular formula is C15H18FN3. The lowest BCUT2D eigenvalue weighted by molar-refractivity contribution is 0.528. The predicted octanol–water partition coefficient (Wildman–Crippen LogP) is 2.70. The average molecular weight is 259 g/mol. The van der Waals surface area contributed by atoms with E-state index in [0.717, 1.165) is 12.1 Å². The van der Waals surface area contributed by atoms with Gasteiger partial charge in [0, 0.05) is 17.8 Å². The minimum atomic E-state index is -0.187. The van der Waals surface area contributed by atoms with Gasteiger partial charge in [-0.15, -0.1) is 0 Å². The summed E-state index contributed by atoms with van der Waals surface area (Å²) in [7, 11) is 0. The van der Waals surface area contributed by atoms with Crippen LogP contribution in [0.15, 0.2) is 42.6 Å². The predicted molar refractivity (Wildman–Crippen MR) is 75.2 cm³/mol. The van der Waals surface area contributed by atoms with Crippen LogP contribution in [0.4, 0.5) is 10.2 Å². The molecule has 3 nitrogen and oxygen atoms in total. The molecule has 2 aromatic rings. The first-order valence-corrected chi connectivity index (χ1v) is 6.39. The normalized spacial score (nSPS) is 12.3. The molecule has 0 saturated carbocycles. The van der Waals surface area contributed by atoms with Crippen molar-refractivity contribution in [1.29, 1.82) is 0 Å². The number of nitrogens with one attached hydrogen (secondary N) is 1. The van der Waals surface area contributed by atoms with E-state index in [-0.39, 0.29) is 11.9 Å². The monoisotopic (exact) mass is 259 g/mol. The molecule has 0 saturated heterocycles. The van der Waals surface area contributed by atoms with Gasteiger partial charge in [0.25, 0.3) is 0 Å². The Morgan fingerprint density at radius 2 is 2.05 bits per heavy atom. The molecule has 0 radical (unpaired) electrons. The standard InChI is InChI=1S/C15H18FN3/c1-2-18-14(12-7-5-9-19-15(12)17)10-11-6-3-4-8-13(11)16/h3-9,14,18H,2,10H2,1H3,(H2,17,19). The van der Waals surface area contributed by atoms with Crippen molar-refractivity contribution >= 4 is 5.82 Å². The molecule has 0 aliphatic rings. The van der Waals surface area contributed by atoms with E-state index in [1.807, 2.05) is 25.1 Å². The zero-order valence-corrected chi connectivity index (χ0v) is 10.9. The summed E-state index contributed by atoms with van der Waals surface area (Å²) in [6.45, 7) is 2.80. The summed E-state index contributed by atoms with van der Waals surface area (Å²) in [6.07, 6.45) is 2.21. The van der Waals surface area contributed by atoms with E-state index in [1.165, 1.54) is 6.07 Å². The van der Waals surface area contributed by atoms with Gasteiger partial charge in [0.2, 0.25) is 0 Å². The number of nitrogen functional groups attached to an aromatic ring is 1. The Labute approximate surface area is 112 Å². The fraction of sp³-hybridized carbons (Fsp3) is 0.267. The quantitative estimate of drug-likeness (QED) is 0.868. The number of nitrogens with two attached hydrogens (primary N) is 1. The van der Waals surface area contributed by atoms with Crippen LogP contribution in [0.2, 0.25) is 0 Å². The number of aromatic nitrogens is 1. The molecule has 4 heteroatoms. The number of anilines is 1. The van der Waals surface area contributed by atoms with Crippen molar-refractivity contribution in [3.63, 3.8) is 0 Å². The number of hydrogen-bond acceptors (Lipinski definition) is 3. The second kappa shape index (κ2) is 6.29. The third-order valence-corrected chi connectivity index (χ3v) is 3.08. The van der Waals surface area contributed by atoms with Crippen molar-refractivity contribution in [2.45, 2.75) is 19.4 Å². The van der Waals surface area contributed by atoms with Gasteiger partial charge in [0.15, 0.2) is 0 Å². The van der Waals surface area contributed by atoms with Crippen LogP contribution in [-0.4, -0.2) is 11.5 Å². The van der Waals surface area contributed by atoms with Crippen molar-refractivity contribution in [2.24, 2.45) is 0 Å². The zero-order chi connectivity index (χ0) is 13.7. The topological polar surface area (TPSA) is 50.9 Å². The average Bonchev–Trinajstić information content (AvgIpc) is 2.41. The first kappa shape index (κ1) is 13.5. The molecule has 0 amide bonds. The largest absolute Gasteiger partial charge is 0.383 e. The lowest BCUT2D eigenvalue weighted by Gasteiger charge is -2.19. The van der Waals surface area contributed by atoms with Gasteiger partial charge in [-0.2, -0.15) is 0 Å². The highest BCUT2D eigenvalue weighted by molar-refractivity contribution is 5.41.